The number of rotatable bonds is 3. The summed E-state index contributed by atoms with van der Waals surface area (Å²) in [6.45, 7) is 3.70. The van der Waals surface area contributed by atoms with Crippen molar-refractivity contribution in [3.05, 3.63) is 51.0 Å². The number of fused-ring (bicyclic) bond motifs is 1. The van der Waals surface area contributed by atoms with Crippen LogP contribution in [0.4, 0.5) is 0 Å². The molecular formula is C15H12N2O4S. The summed E-state index contributed by atoms with van der Waals surface area (Å²) in [4.78, 5) is 46.2. The number of nitrogens with zero attached hydrogens (tertiary/aromatic N) is 2. The minimum atomic E-state index is -0.692. The SMILES string of the molecule is Cc1nc(CC(=O)ON2C(=O)c3ccccc3C2=O)c(C)s1. The smallest absolute Gasteiger partial charge is 0.329 e. The molecule has 1 aromatic carbocycles. The van der Waals surface area contributed by atoms with Gasteiger partial charge in [0.25, 0.3) is 11.8 Å². The van der Waals surface area contributed by atoms with Gasteiger partial charge in [0.1, 0.15) is 0 Å². The number of hydroxylamine groups is 2. The summed E-state index contributed by atoms with van der Waals surface area (Å²) < 4.78 is 0. The van der Waals surface area contributed by atoms with Gasteiger partial charge in [-0.15, -0.1) is 11.3 Å². The summed E-state index contributed by atoms with van der Waals surface area (Å²) in [7, 11) is 0. The Labute approximate surface area is 130 Å². The van der Waals surface area contributed by atoms with E-state index in [-0.39, 0.29) is 17.5 Å². The third kappa shape index (κ3) is 2.39. The van der Waals surface area contributed by atoms with Gasteiger partial charge in [-0.1, -0.05) is 17.2 Å². The number of aryl methyl sites for hydroxylation is 2. The number of hydrogen-bond acceptors (Lipinski definition) is 6. The first-order chi connectivity index (χ1) is 10.5. The maximum atomic E-state index is 12.1. The van der Waals surface area contributed by atoms with Crippen molar-refractivity contribution in [3.63, 3.8) is 0 Å². The third-order valence-electron chi connectivity index (χ3n) is 3.26. The summed E-state index contributed by atoms with van der Waals surface area (Å²) in [6.07, 6.45) is -0.0798. The summed E-state index contributed by atoms with van der Waals surface area (Å²) in [5, 5.41) is 1.36. The Morgan fingerprint density at radius 2 is 1.77 bits per heavy atom. The topological polar surface area (TPSA) is 76.6 Å². The van der Waals surface area contributed by atoms with Gasteiger partial charge in [0.15, 0.2) is 0 Å². The van der Waals surface area contributed by atoms with E-state index in [0.717, 1.165) is 9.88 Å². The molecule has 0 radical (unpaired) electrons. The third-order valence-corrected chi connectivity index (χ3v) is 4.19. The minimum absolute atomic E-state index is 0.0798. The van der Waals surface area contributed by atoms with Crippen molar-refractivity contribution >= 4 is 29.1 Å². The largest absolute Gasteiger partial charge is 0.339 e. The second-order valence-corrected chi connectivity index (χ2v) is 6.23. The number of benzene rings is 1. The molecule has 0 atom stereocenters. The second-order valence-electron chi connectivity index (χ2n) is 4.83. The van der Waals surface area contributed by atoms with Crippen molar-refractivity contribution in [2.45, 2.75) is 20.3 Å². The van der Waals surface area contributed by atoms with Gasteiger partial charge in [-0.2, -0.15) is 0 Å². The first-order valence-corrected chi connectivity index (χ1v) is 7.40. The van der Waals surface area contributed by atoms with Gasteiger partial charge >= 0.3 is 5.97 Å². The Morgan fingerprint density at radius 1 is 1.18 bits per heavy atom. The standard InChI is InChI=1S/C15H12N2O4S/c1-8-12(16-9(2)22-8)7-13(18)21-17-14(19)10-5-3-4-6-11(10)15(17)20/h3-6H,7H2,1-2H3. The van der Waals surface area contributed by atoms with Crippen LogP contribution in [0.3, 0.4) is 0 Å². The van der Waals surface area contributed by atoms with Crippen molar-refractivity contribution in [1.29, 1.82) is 0 Å². The first kappa shape index (κ1) is 14.4. The van der Waals surface area contributed by atoms with Crippen molar-refractivity contribution in [3.8, 4) is 0 Å². The molecule has 2 aromatic rings. The lowest BCUT2D eigenvalue weighted by molar-refractivity contribution is -0.167. The Morgan fingerprint density at radius 3 is 2.27 bits per heavy atom. The van der Waals surface area contributed by atoms with Crippen molar-refractivity contribution in [2.24, 2.45) is 0 Å². The van der Waals surface area contributed by atoms with E-state index in [0.29, 0.717) is 10.8 Å². The summed E-state index contributed by atoms with van der Waals surface area (Å²) in [5.74, 6) is -1.94. The molecule has 0 bridgehead atoms. The van der Waals surface area contributed by atoms with E-state index in [1.165, 1.54) is 23.5 Å². The highest BCUT2D eigenvalue weighted by molar-refractivity contribution is 7.11. The van der Waals surface area contributed by atoms with Gasteiger partial charge in [0.05, 0.1) is 28.2 Å². The van der Waals surface area contributed by atoms with E-state index in [1.807, 2.05) is 13.8 Å². The molecule has 0 saturated carbocycles. The Bertz CT molecular complexity index is 762. The van der Waals surface area contributed by atoms with Crippen LogP contribution in [0.1, 0.15) is 36.3 Å². The monoisotopic (exact) mass is 316 g/mol. The van der Waals surface area contributed by atoms with Crippen LogP contribution in [-0.4, -0.2) is 27.8 Å². The zero-order chi connectivity index (χ0) is 15.9. The van der Waals surface area contributed by atoms with Crippen LogP contribution >= 0.6 is 11.3 Å². The van der Waals surface area contributed by atoms with Crippen molar-refractivity contribution in [2.75, 3.05) is 0 Å². The summed E-state index contributed by atoms with van der Waals surface area (Å²) in [5.41, 5.74) is 1.08. The average molecular weight is 316 g/mol. The Hall–Kier alpha value is -2.54. The second kappa shape index (κ2) is 5.34. The van der Waals surface area contributed by atoms with Crippen molar-refractivity contribution < 1.29 is 19.2 Å². The molecule has 0 saturated heterocycles. The summed E-state index contributed by atoms with van der Waals surface area (Å²) in [6, 6.07) is 6.35. The molecule has 112 valence electrons. The lowest BCUT2D eigenvalue weighted by atomic mass is 10.1. The number of amides is 2. The van der Waals surface area contributed by atoms with E-state index < -0.39 is 17.8 Å². The van der Waals surface area contributed by atoms with Crippen molar-refractivity contribution in [1.82, 2.24) is 10.0 Å². The highest BCUT2D eigenvalue weighted by atomic mass is 32.1. The molecule has 0 aliphatic carbocycles. The van der Waals surface area contributed by atoms with Crippen LogP contribution in [0.25, 0.3) is 0 Å². The molecule has 2 amide bonds. The Kier molecular flexibility index (Phi) is 3.50. The molecule has 0 unspecified atom stereocenters. The molecule has 0 fully saturated rings. The highest BCUT2D eigenvalue weighted by Gasteiger charge is 2.38. The zero-order valence-corrected chi connectivity index (χ0v) is 12.8. The van der Waals surface area contributed by atoms with E-state index >= 15 is 0 Å². The van der Waals surface area contributed by atoms with Crippen LogP contribution in [0.5, 0.6) is 0 Å². The number of aromatic nitrogens is 1. The van der Waals surface area contributed by atoms with Crippen LogP contribution in [0.15, 0.2) is 24.3 Å². The number of carbonyl (C=O) groups excluding carboxylic acids is 3. The highest BCUT2D eigenvalue weighted by Crippen LogP contribution is 2.23. The zero-order valence-electron chi connectivity index (χ0n) is 12.0. The number of imide groups is 1. The lowest BCUT2D eigenvalue weighted by Crippen LogP contribution is -2.33. The number of carbonyl (C=O) groups is 3. The van der Waals surface area contributed by atoms with E-state index in [1.54, 1.807) is 12.1 Å². The first-order valence-electron chi connectivity index (χ1n) is 6.59. The fourth-order valence-electron chi connectivity index (χ4n) is 2.26. The van der Waals surface area contributed by atoms with E-state index in [2.05, 4.69) is 4.98 Å². The lowest BCUT2D eigenvalue weighted by Gasteiger charge is -2.12. The quantitative estimate of drug-likeness (QED) is 0.810. The molecule has 0 N–H and O–H groups in total. The predicted molar refractivity (Wildman–Crippen MR) is 78.3 cm³/mol. The fraction of sp³-hybridized carbons (Fsp3) is 0.200. The number of thiazole rings is 1. The van der Waals surface area contributed by atoms with Gasteiger partial charge in [-0.25, -0.2) is 9.78 Å². The molecule has 1 aliphatic rings. The molecular weight excluding hydrogens is 304 g/mol. The van der Waals surface area contributed by atoms with E-state index in [4.69, 9.17) is 4.84 Å². The van der Waals surface area contributed by atoms with Crippen LogP contribution in [0.2, 0.25) is 0 Å². The Balaban J connectivity index is 1.74. The molecule has 1 aliphatic heterocycles. The van der Waals surface area contributed by atoms with Crippen LogP contribution in [-0.2, 0) is 16.1 Å². The number of hydrogen-bond donors (Lipinski definition) is 0. The van der Waals surface area contributed by atoms with Crippen LogP contribution in [0, 0.1) is 13.8 Å². The van der Waals surface area contributed by atoms with Gasteiger partial charge < -0.3 is 4.84 Å². The molecule has 3 rings (SSSR count). The molecule has 0 spiro atoms. The fourth-order valence-corrected chi connectivity index (χ4v) is 3.09. The van der Waals surface area contributed by atoms with Gasteiger partial charge in [0, 0.05) is 4.88 Å². The predicted octanol–water partition coefficient (Wildman–Crippen LogP) is 2.06. The van der Waals surface area contributed by atoms with Gasteiger partial charge in [-0.3, -0.25) is 9.59 Å². The molecule has 6 nitrogen and oxygen atoms in total. The van der Waals surface area contributed by atoms with Gasteiger partial charge in [0.2, 0.25) is 0 Å². The van der Waals surface area contributed by atoms with E-state index in [9.17, 15) is 14.4 Å². The maximum Gasteiger partial charge on any atom is 0.339 e. The minimum Gasteiger partial charge on any atom is -0.329 e. The summed E-state index contributed by atoms with van der Waals surface area (Å²) >= 11 is 1.48. The molecule has 22 heavy (non-hydrogen) atoms. The molecule has 7 heteroatoms. The van der Waals surface area contributed by atoms with Gasteiger partial charge in [-0.05, 0) is 26.0 Å². The normalized spacial score (nSPS) is 13.5. The average Bonchev–Trinajstić information content (AvgIpc) is 2.91. The molecule has 1 aromatic heterocycles. The van der Waals surface area contributed by atoms with Crippen LogP contribution < -0.4 is 0 Å². The molecule has 2 heterocycles. The maximum absolute atomic E-state index is 12.1.